The maximum Gasteiger partial charge on any atom is 0.274 e. The van der Waals surface area contributed by atoms with Crippen molar-refractivity contribution in [3.63, 3.8) is 0 Å². The van der Waals surface area contributed by atoms with Crippen LogP contribution >= 0.6 is 0 Å². The van der Waals surface area contributed by atoms with E-state index in [1.165, 1.54) is 18.5 Å². The van der Waals surface area contributed by atoms with Crippen molar-refractivity contribution < 1.29 is 4.79 Å². The SMILES string of the molecule is Cc1nc(N2CC3(CC3)C2)ccc1Cn1cc(C(=O)N[C@@H]2CCc3c2ncn3C)nn1. The fraction of sp³-hybridized carbons (Fsp3) is 0.500. The molecular weight excluding hydrogens is 392 g/mol. The number of pyridine rings is 1. The molecular formula is C22H26N8O. The summed E-state index contributed by atoms with van der Waals surface area (Å²) in [5, 5.41) is 11.3. The minimum absolute atomic E-state index is 0.0656. The number of carbonyl (C=O) groups excluding carboxylic acids is 1. The number of anilines is 1. The molecule has 3 aliphatic rings. The van der Waals surface area contributed by atoms with Crippen molar-refractivity contribution in [2.75, 3.05) is 18.0 Å². The van der Waals surface area contributed by atoms with Gasteiger partial charge in [0.25, 0.3) is 5.91 Å². The van der Waals surface area contributed by atoms with Gasteiger partial charge < -0.3 is 14.8 Å². The highest BCUT2D eigenvalue weighted by atomic mass is 16.2. The molecule has 4 heterocycles. The fourth-order valence-corrected chi connectivity index (χ4v) is 4.85. The van der Waals surface area contributed by atoms with E-state index in [1.54, 1.807) is 17.2 Å². The molecule has 0 radical (unpaired) electrons. The third-order valence-electron chi connectivity index (χ3n) is 7.01. The van der Waals surface area contributed by atoms with Gasteiger partial charge in [0, 0.05) is 36.9 Å². The number of amides is 1. The molecule has 0 aromatic carbocycles. The second-order valence-corrected chi connectivity index (χ2v) is 9.32. The van der Waals surface area contributed by atoms with Crippen LogP contribution in [-0.2, 0) is 20.0 Å². The lowest BCUT2D eigenvalue weighted by Gasteiger charge is -2.41. The molecule has 1 saturated heterocycles. The smallest absolute Gasteiger partial charge is 0.274 e. The first-order chi connectivity index (χ1) is 15.0. The van der Waals surface area contributed by atoms with Gasteiger partial charge in [0.15, 0.2) is 5.69 Å². The third kappa shape index (κ3) is 3.19. The largest absolute Gasteiger partial charge is 0.355 e. The van der Waals surface area contributed by atoms with Crippen LogP contribution in [0.25, 0.3) is 0 Å². The normalized spacial score (nSPS) is 20.6. The van der Waals surface area contributed by atoms with Crippen LogP contribution < -0.4 is 10.2 Å². The monoisotopic (exact) mass is 418 g/mol. The first-order valence-corrected chi connectivity index (χ1v) is 10.9. The number of nitrogens with zero attached hydrogens (tertiary/aromatic N) is 7. The van der Waals surface area contributed by atoms with Crippen LogP contribution in [0.4, 0.5) is 5.82 Å². The van der Waals surface area contributed by atoms with Crippen molar-refractivity contribution in [2.24, 2.45) is 12.5 Å². The van der Waals surface area contributed by atoms with Crippen LogP contribution in [0.2, 0.25) is 0 Å². The van der Waals surface area contributed by atoms with Gasteiger partial charge >= 0.3 is 0 Å². The van der Waals surface area contributed by atoms with Gasteiger partial charge in [-0.05, 0) is 44.2 Å². The van der Waals surface area contributed by atoms with Gasteiger partial charge in [-0.1, -0.05) is 11.3 Å². The predicted molar refractivity (Wildman–Crippen MR) is 114 cm³/mol. The molecule has 2 aliphatic carbocycles. The Bertz CT molecular complexity index is 1170. The summed E-state index contributed by atoms with van der Waals surface area (Å²) < 4.78 is 3.72. The third-order valence-corrected chi connectivity index (χ3v) is 7.01. The molecule has 1 N–H and O–H groups in total. The van der Waals surface area contributed by atoms with E-state index in [9.17, 15) is 4.79 Å². The van der Waals surface area contributed by atoms with E-state index < -0.39 is 0 Å². The van der Waals surface area contributed by atoms with Crippen LogP contribution in [0.15, 0.2) is 24.7 Å². The van der Waals surface area contributed by atoms with Crippen LogP contribution in [0.1, 0.15) is 58.4 Å². The van der Waals surface area contributed by atoms with Crippen molar-refractivity contribution in [1.29, 1.82) is 0 Å². The number of rotatable bonds is 5. The summed E-state index contributed by atoms with van der Waals surface area (Å²) in [5.74, 6) is 0.842. The zero-order valence-corrected chi connectivity index (χ0v) is 17.9. The fourth-order valence-electron chi connectivity index (χ4n) is 4.85. The number of carbonyl (C=O) groups is 1. The highest BCUT2D eigenvalue weighted by Crippen LogP contribution is 2.53. The van der Waals surface area contributed by atoms with Crippen LogP contribution in [-0.4, -0.2) is 48.5 Å². The Labute approximate surface area is 180 Å². The molecule has 3 aromatic heterocycles. The zero-order chi connectivity index (χ0) is 21.2. The summed E-state index contributed by atoms with van der Waals surface area (Å²) in [6.45, 7) is 4.85. The van der Waals surface area contributed by atoms with E-state index in [4.69, 9.17) is 4.98 Å². The summed E-state index contributed by atoms with van der Waals surface area (Å²) in [6, 6.07) is 4.13. The van der Waals surface area contributed by atoms with Gasteiger partial charge in [-0.2, -0.15) is 0 Å². The number of aryl methyl sites for hydroxylation is 2. The number of nitrogens with one attached hydrogen (secondary N) is 1. The van der Waals surface area contributed by atoms with Crippen molar-refractivity contribution in [2.45, 2.75) is 45.2 Å². The molecule has 0 unspecified atom stereocenters. The minimum atomic E-state index is -0.216. The number of aromatic nitrogens is 6. The Morgan fingerprint density at radius 2 is 2.13 bits per heavy atom. The Hall–Kier alpha value is -3.23. The molecule has 1 spiro atoms. The zero-order valence-electron chi connectivity index (χ0n) is 17.9. The predicted octanol–water partition coefficient (Wildman–Crippen LogP) is 1.78. The van der Waals surface area contributed by atoms with E-state index >= 15 is 0 Å². The molecule has 0 bridgehead atoms. The topological polar surface area (TPSA) is 93.8 Å². The number of fused-ring (bicyclic) bond motifs is 1. The van der Waals surface area contributed by atoms with Crippen LogP contribution in [0.5, 0.6) is 0 Å². The maximum absolute atomic E-state index is 12.7. The van der Waals surface area contributed by atoms with E-state index in [1.807, 2.05) is 18.5 Å². The maximum atomic E-state index is 12.7. The summed E-state index contributed by atoms with van der Waals surface area (Å²) in [5.41, 5.74) is 5.15. The molecule has 9 nitrogen and oxygen atoms in total. The second-order valence-electron chi connectivity index (χ2n) is 9.32. The van der Waals surface area contributed by atoms with Crippen molar-refractivity contribution >= 4 is 11.7 Å². The average Bonchev–Trinajstić information content (AvgIpc) is 3.04. The molecule has 2 fully saturated rings. The van der Waals surface area contributed by atoms with Gasteiger partial charge in [-0.25, -0.2) is 14.6 Å². The van der Waals surface area contributed by atoms with E-state index in [2.05, 4.69) is 37.6 Å². The molecule has 1 aliphatic heterocycles. The van der Waals surface area contributed by atoms with Crippen molar-refractivity contribution in [3.8, 4) is 0 Å². The van der Waals surface area contributed by atoms with E-state index in [0.29, 0.717) is 17.7 Å². The number of imidazole rings is 1. The summed E-state index contributed by atoms with van der Waals surface area (Å²) in [7, 11) is 1.98. The molecule has 31 heavy (non-hydrogen) atoms. The summed E-state index contributed by atoms with van der Waals surface area (Å²) in [4.78, 5) is 24.3. The molecule has 9 heteroatoms. The first-order valence-electron chi connectivity index (χ1n) is 10.9. The molecule has 1 saturated carbocycles. The summed E-state index contributed by atoms with van der Waals surface area (Å²) in [6.07, 6.45) is 8.01. The lowest BCUT2D eigenvalue weighted by Crippen LogP contribution is -2.48. The molecule has 3 aromatic rings. The molecule has 6 rings (SSSR count). The Balaban J connectivity index is 1.11. The van der Waals surface area contributed by atoms with Gasteiger partial charge in [-0.3, -0.25) is 4.79 Å². The van der Waals surface area contributed by atoms with Crippen LogP contribution in [0.3, 0.4) is 0 Å². The van der Waals surface area contributed by atoms with Crippen molar-refractivity contribution in [3.05, 3.63) is 53.0 Å². The van der Waals surface area contributed by atoms with E-state index in [-0.39, 0.29) is 11.9 Å². The first kappa shape index (κ1) is 18.5. The lowest BCUT2D eigenvalue weighted by atomic mass is 9.97. The van der Waals surface area contributed by atoms with Crippen molar-refractivity contribution in [1.82, 2.24) is 34.8 Å². The second kappa shape index (κ2) is 6.63. The number of hydrogen-bond donors (Lipinski definition) is 1. The molecule has 1 atom stereocenters. The molecule has 160 valence electrons. The van der Waals surface area contributed by atoms with Crippen LogP contribution in [0, 0.1) is 12.3 Å². The summed E-state index contributed by atoms with van der Waals surface area (Å²) >= 11 is 0. The Morgan fingerprint density at radius 3 is 2.90 bits per heavy atom. The Kier molecular flexibility index (Phi) is 3.97. The van der Waals surface area contributed by atoms with Gasteiger partial charge in [0.1, 0.15) is 5.82 Å². The lowest BCUT2D eigenvalue weighted by molar-refractivity contribution is 0.0931. The minimum Gasteiger partial charge on any atom is -0.355 e. The molecule has 1 amide bonds. The van der Waals surface area contributed by atoms with Gasteiger partial charge in [0.05, 0.1) is 30.8 Å². The average molecular weight is 419 g/mol. The standard InChI is InChI=1S/C22H26N8O/c1-14-15(3-6-19(24-14)29-11-22(12-29)7-8-22)9-30-10-17(26-27-30)21(31)25-16-4-5-18-20(16)23-13-28(18)2/h3,6,10,13,16H,4-5,7-9,11-12H2,1-2H3,(H,25,31)/t16-/m1/s1. The number of hydrogen-bond acceptors (Lipinski definition) is 6. The van der Waals surface area contributed by atoms with Gasteiger partial charge in [-0.15, -0.1) is 5.10 Å². The highest BCUT2D eigenvalue weighted by Gasteiger charge is 2.52. The quantitative estimate of drug-likeness (QED) is 0.679. The Morgan fingerprint density at radius 1 is 1.29 bits per heavy atom. The van der Waals surface area contributed by atoms with Gasteiger partial charge in [0.2, 0.25) is 0 Å². The van der Waals surface area contributed by atoms with E-state index in [0.717, 1.165) is 48.7 Å². The highest BCUT2D eigenvalue weighted by molar-refractivity contribution is 5.92.